The van der Waals surface area contributed by atoms with Crippen molar-refractivity contribution < 1.29 is 14.3 Å². The Labute approximate surface area is 141 Å². The molecule has 1 amide bonds. The first-order valence-corrected chi connectivity index (χ1v) is 8.45. The molecular formula is C15H26N4O3S. The van der Waals surface area contributed by atoms with Crippen molar-refractivity contribution in [3.63, 3.8) is 0 Å². The molecule has 2 unspecified atom stereocenters. The van der Waals surface area contributed by atoms with Gasteiger partial charge in [0.25, 0.3) is 0 Å². The van der Waals surface area contributed by atoms with Gasteiger partial charge in [-0.05, 0) is 27.2 Å². The number of nitrogens with zero attached hydrogens (tertiary/aromatic N) is 2. The van der Waals surface area contributed by atoms with Crippen LogP contribution in [0.5, 0.6) is 5.88 Å². The lowest BCUT2D eigenvalue weighted by atomic mass is 10.2. The van der Waals surface area contributed by atoms with Gasteiger partial charge in [-0.15, -0.1) is 0 Å². The average Bonchev–Trinajstić information content (AvgIpc) is 2.99. The molecule has 1 heterocycles. The molecule has 1 aromatic rings. The molecule has 130 valence electrons. The van der Waals surface area contributed by atoms with E-state index in [1.807, 2.05) is 39.8 Å². The molecule has 0 radical (unpaired) electrons. The van der Waals surface area contributed by atoms with Gasteiger partial charge in [-0.3, -0.25) is 0 Å². The Morgan fingerprint density at radius 3 is 2.65 bits per heavy atom. The van der Waals surface area contributed by atoms with Gasteiger partial charge >= 0.3 is 6.09 Å². The first-order chi connectivity index (χ1) is 10.7. The fraction of sp³-hybridized carbons (Fsp3) is 0.733. The summed E-state index contributed by atoms with van der Waals surface area (Å²) in [6.45, 7) is 6.24. The highest BCUT2D eigenvalue weighted by Crippen LogP contribution is 2.31. The smallest absolute Gasteiger partial charge is 0.407 e. The van der Waals surface area contributed by atoms with Crippen molar-refractivity contribution in [3.05, 3.63) is 4.88 Å². The summed E-state index contributed by atoms with van der Waals surface area (Å²) in [6.07, 6.45) is 0.540. The highest BCUT2D eigenvalue weighted by atomic mass is 32.1. The number of ether oxygens (including phenoxy) is 2. The molecule has 8 heteroatoms. The van der Waals surface area contributed by atoms with Gasteiger partial charge in [-0.1, -0.05) is 11.3 Å². The van der Waals surface area contributed by atoms with Gasteiger partial charge in [-0.2, -0.15) is 4.98 Å². The molecule has 2 atom stereocenters. The Kier molecular flexibility index (Phi) is 5.36. The van der Waals surface area contributed by atoms with Crippen LogP contribution >= 0.6 is 11.3 Å². The van der Waals surface area contributed by atoms with Crippen molar-refractivity contribution in [1.82, 2.24) is 15.6 Å². The number of hydrogen-bond donors (Lipinski definition) is 2. The second-order valence-corrected chi connectivity index (χ2v) is 7.86. The van der Waals surface area contributed by atoms with Crippen LogP contribution in [0.15, 0.2) is 0 Å². The number of amides is 1. The number of anilines is 1. The van der Waals surface area contributed by atoms with Crippen LogP contribution in [0.3, 0.4) is 0 Å². The number of rotatable bonds is 6. The largest absolute Gasteiger partial charge is 0.480 e. The number of thiazole rings is 1. The van der Waals surface area contributed by atoms with Gasteiger partial charge in [0.1, 0.15) is 5.60 Å². The first-order valence-electron chi connectivity index (χ1n) is 7.63. The second-order valence-electron chi connectivity index (χ2n) is 6.80. The molecule has 0 aromatic carbocycles. The lowest BCUT2D eigenvalue weighted by Crippen LogP contribution is -2.36. The molecular weight excluding hydrogens is 316 g/mol. The minimum atomic E-state index is -0.472. The Bertz CT molecular complexity index is 553. The van der Waals surface area contributed by atoms with E-state index in [0.29, 0.717) is 12.4 Å². The lowest BCUT2D eigenvalue weighted by Gasteiger charge is -2.19. The van der Waals surface area contributed by atoms with Crippen LogP contribution in [0.1, 0.15) is 32.1 Å². The van der Waals surface area contributed by atoms with Gasteiger partial charge in [0, 0.05) is 32.7 Å². The maximum absolute atomic E-state index is 11.7. The van der Waals surface area contributed by atoms with Crippen molar-refractivity contribution in [2.75, 3.05) is 26.1 Å². The van der Waals surface area contributed by atoms with E-state index in [2.05, 4.69) is 15.6 Å². The summed E-state index contributed by atoms with van der Waals surface area (Å²) in [6, 6.07) is 0.384. The summed E-state index contributed by atoms with van der Waals surface area (Å²) in [5.74, 6) is 0.656. The minimum Gasteiger partial charge on any atom is -0.480 e. The zero-order chi connectivity index (χ0) is 17.2. The Hall–Kier alpha value is -1.54. The van der Waals surface area contributed by atoms with E-state index in [4.69, 9.17) is 9.47 Å². The number of methoxy groups -OCH3 is 1. The highest BCUT2D eigenvalue weighted by Gasteiger charge is 2.39. The van der Waals surface area contributed by atoms with Gasteiger partial charge in [0.2, 0.25) is 5.88 Å². The Morgan fingerprint density at radius 2 is 2.09 bits per heavy atom. The van der Waals surface area contributed by atoms with Gasteiger partial charge in [0.15, 0.2) is 5.13 Å². The van der Waals surface area contributed by atoms with Crippen LogP contribution in [-0.4, -0.2) is 50.0 Å². The molecule has 1 aromatic heterocycles. The summed E-state index contributed by atoms with van der Waals surface area (Å²) < 4.78 is 10.6. The molecule has 1 aliphatic carbocycles. The molecule has 2 N–H and O–H groups in total. The molecule has 1 fully saturated rings. The van der Waals surface area contributed by atoms with Gasteiger partial charge < -0.3 is 25.0 Å². The predicted molar refractivity (Wildman–Crippen MR) is 91.4 cm³/mol. The van der Waals surface area contributed by atoms with Crippen molar-refractivity contribution in [2.24, 2.45) is 0 Å². The van der Waals surface area contributed by atoms with Gasteiger partial charge in [-0.25, -0.2) is 4.79 Å². The van der Waals surface area contributed by atoms with E-state index in [1.54, 1.807) is 18.4 Å². The first kappa shape index (κ1) is 17.8. The fourth-order valence-electron chi connectivity index (χ4n) is 2.05. The van der Waals surface area contributed by atoms with E-state index < -0.39 is 5.60 Å². The molecule has 0 aliphatic heterocycles. The third-order valence-corrected chi connectivity index (χ3v) is 4.45. The third kappa shape index (κ3) is 5.24. The summed E-state index contributed by atoms with van der Waals surface area (Å²) >= 11 is 1.60. The van der Waals surface area contributed by atoms with Crippen molar-refractivity contribution >= 4 is 22.6 Å². The lowest BCUT2D eigenvalue weighted by molar-refractivity contribution is 0.0522. The van der Waals surface area contributed by atoms with Crippen LogP contribution in [0.4, 0.5) is 9.93 Å². The molecule has 2 rings (SSSR count). The number of aromatic nitrogens is 1. The van der Waals surface area contributed by atoms with Crippen LogP contribution in [-0.2, 0) is 11.3 Å². The Balaban J connectivity index is 1.79. The molecule has 7 nitrogen and oxygen atoms in total. The normalized spacial score (nSPS) is 20.1. The average molecular weight is 342 g/mol. The predicted octanol–water partition coefficient (Wildman–Crippen LogP) is 1.97. The molecule has 1 saturated carbocycles. The maximum atomic E-state index is 11.7. The van der Waals surface area contributed by atoms with Crippen LogP contribution < -0.4 is 20.3 Å². The van der Waals surface area contributed by atoms with E-state index in [9.17, 15) is 4.79 Å². The van der Waals surface area contributed by atoms with E-state index in [-0.39, 0.29) is 18.2 Å². The minimum absolute atomic E-state index is 0.122. The zero-order valence-electron chi connectivity index (χ0n) is 14.6. The second kappa shape index (κ2) is 6.92. The van der Waals surface area contributed by atoms with Crippen molar-refractivity contribution in [3.8, 4) is 5.88 Å². The molecule has 0 saturated heterocycles. The SMILES string of the molecule is COc1nc(N(C)C)sc1CNC1CC1NC(=O)OC(C)(C)C. The number of nitrogens with one attached hydrogen (secondary N) is 2. The van der Waals surface area contributed by atoms with E-state index in [1.165, 1.54) is 0 Å². The van der Waals surface area contributed by atoms with E-state index >= 15 is 0 Å². The number of alkyl carbamates (subject to hydrolysis) is 1. The maximum Gasteiger partial charge on any atom is 0.407 e. The fourth-order valence-corrected chi connectivity index (χ4v) is 2.95. The summed E-state index contributed by atoms with van der Waals surface area (Å²) in [5, 5.41) is 7.21. The molecule has 1 aliphatic rings. The number of carbonyl (C=O) groups excluding carboxylic acids is 1. The highest BCUT2D eigenvalue weighted by molar-refractivity contribution is 7.15. The molecule has 23 heavy (non-hydrogen) atoms. The quantitative estimate of drug-likeness (QED) is 0.823. The van der Waals surface area contributed by atoms with E-state index in [0.717, 1.165) is 16.4 Å². The number of carbonyl (C=O) groups is 1. The summed E-state index contributed by atoms with van der Waals surface area (Å²) in [7, 11) is 5.54. The monoisotopic (exact) mass is 342 g/mol. The van der Waals surface area contributed by atoms with Crippen molar-refractivity contribution in [1.29, 1.82) is 0 Å². The third-order valence-electron chi connectivity index (χ3n) is 3.24. The molecule has 0 bridgehead atoms. The standard InChI is InChI=1S/C15H26N4O3S/c1-15(2,3)22-14(20)17-10-7-9(10)16-8-11-12(21-6)18-13(23-11)19(4)5/h9-10,16H,7-8H2,1-6H3,(H,17,20). The molecule has 0 spiro atoms. The topological polar surface area (TPSA) is 75.7 Å². The summed E-state index contributed by atoms with van der Waals surface area (Å²) in [5.41, 5.74) is -0.472. The number of hydrogen-bond acceptors (Lipinski definition) is 7. The Morgan fingerprint density at radius 1 is 1.39 bits per heavy atom. The van der Waals surface area contributed by atoms with Crippen LogP contribution in [0.2, 0.25) is 0 Å². The van der Waals surface area contributed by atoms with Crippen LogP contribution in [0.25, 0.3) is 0 Å². The van der Waals surface area contributed by atoms with Crippen LogP contribution in [0, 0.1) is 0 Å². The van der Waals surface area contributed by atoms with Crippen molar-refractivity contribution in [2.45, 2.75) is 51.4 Å². The zero-order valence-corrected chi connectivity index (χ0v) is 15.4. The summed E-state index contributed by atoms with van der Waals surface area (Å²) in [4.78, 5) is 19.2. The van der Waals surface area contributed by atoms with Gasteiger partial charge in [0.05, 0.1) is 12.0 Å².